The van der Waals surface area contributed by atoms with Crippen LogP contribution in [0.15, 0.2) is 81.3 Å². The van der Waals surface area contributed by atoms with Crippen molar-refractivity contribution in [3.05, 3.63) is 88.6 Å². The van der Waals surface area contributed by atoms with E-state index in [4.69, 9.17) is 9.40 Å². The van der Waals surface area contributed by atoms with Crippen LogP contribution in [0.25, 0.3) is 10.9 Å². The lowest BCUT2D eigenvalue weighted by Gasteiger charge is -2.28. The molecule has 2 amide bonds. The van der Waals surface area contributed by atoms with Crippen LogP contribution >= 0.6 is 11.8 Å². The molecule has 5 rings (SSSR count). The first-order chi connectivity index (χ1) is 19.5. The second-order valence-corrected chi connectivity index (χ2v) is 11.2. The lowest BCUT2D eigenvalue weighted by Crippen LogP contribution is -2.34. The summed E-state index contributed by atoms with van der Waals surface area (Å²) < 4.78 is 7.02. The number of thioether (sulfide) groups is 1. The first-order valence-electron chi connectivity index (χ1n) is 13.8. The normalized spacial score (nSPS) is 17.0. The number of nitrogens with one attached hydrogen (secondary N) is 2. The van der Waals surface area contributed by atoms with Gasteiger partial charge in [-0.3, -0.25) is 19.0 Å². The van der Waals surface area contributed by atoms with Crippen LogP contribution in [0, 0.1) is 11.8 Å². The van der Waals surface area contributed by atoms with E-state index >= 15 is 0 Å². The molecule has 1 fully saturated rings. The monoisotopic (exact) mass is 558 g/mol. The first kappa shape index (κ1) is 27.7. The molecule has 2 heterocycles. The maximum Gasteiger partial charge on any atom is 0.262 e. The highest BCUT2D eigenvalue weighted by Gasteiger charge is 2.27. The average Bonchev–Trinajstić information content (AvgIpc) is 3.51. The molecule has 4 aromatic rings. The molecule has 0 aliphatic heterocycles. The van der Waals surface area contributed by atoms with Gasteiger partial charge in [-0.25, -0.2) is 4.98 Å². The van der Waals surface area contributed by atoms with Crippen molar-refractivity contribution in [3.8, 4) is 0 Å². The van der Waals surface area contributed by atoms with Crippen molar-refractivity contribution < 1.29 is 14.0 Å². The van der Waals surface area contributed by atoms with E-state index in [1.54, 1.807) is 23.0 Å². The molecule has 9 heteroatoms. The minimum absolute atomic E-state index is 0.0402. The van der Waals surface area contributed by atoms with Gasteiger partial charge < -0.3 is 15.1 Å². The summed E-state index contributed by atoms with van der Waals surface area (Å²) >= 11 is 1.28. The molecule has 2 N–H and O–H groups in total. The van der Waals surface area contributed by atoms with Crippen LogP contribution in [-0.4, -0.2) is 27.1 Å². The quantitative estimate of drug-likeness (QED) is 0.199. The predicted octanol–water partition coefficient (Wildman–Crippen LogP) is 5.41. The fraction of sp³-hybridized carbons (Fsp3) is 0.355. The Bertz CT molecular complexity index is 1510. The third-order valence-corrected chi connectivity index (χ3v) is 8.46. The third kappa shape index (κ3) is 6.83. The van der Waals surface area contributed by atoms with Crippen LogP contribution in [0.4, 0.5) is 5.69 Å². The van der Waals surface area contributed by atoms with Crippen molar-refractivity contribution in [3.63, 3.8) is 0 Å². The summed E-state index contributed by atoms with van der Waals surface area (Å²) in [7, 11) is 0. The minimum atomic E-state index is -0.149. The Labute approximate surface area is 237 Å². The largest absolute Gasteiger partial charge is 0.467 e. The van der Waals surface area contributed by atoms with Gasteiger partial charge in [0.25, 0.3) is 5.56 Å². The first-order valence-corrected chi connectivity index (χ1v) is 14.8. The zero-order chi connectivity index (χ0) is 27.9. The van der Waals surface area contributed by atoms with Crippen LogP contribution in [-0.2, 0) is 29.1 Å². The maximum absolute atomic E-state index is 13.5. The number of rotatable bonds is 10. The lowest BCUT2D eigenvalue weighted by molar-refractivity contribution is -0.126. The zero-order valence-corrected chi connectivity index (χ0v) is 23.4. The molecule has 1 aliphatic rings. The number of furan rings is 1. The van der Waals surface area contributed by atoms with E-state index in [1.807, 2.05) is 48.5 Å². The molecule has 0 radical (unpaired) electrons. The van der Waals surface area contributed by atoms with E-state index in [0.717, 1.165) is 43.6 Å². The Hall–Kier alpha value is -3.85. The van der Waals surface area contributed by atoms with Crippen LogP contribution in [0.2, 0.25) is 0 Å². The van der Waals surface area contributed by atoms with E-state index in [1.165, 1.54) is 17.3 Å². The predicted molar refractivity (Wildman–Crippen MR) is 157 cm³/mol. The molecule has 2 aromatic carbocycles. The number of nitrogens with zero attached hydrogens (tertiary/aromatic N) is 2. The second kappa shape index (κ2) is 13.0. The fourth-order valence-corrected chi connectivity index (χ4v) is 5.98. The summed E-state index contributed by atoms with van der Waals surface area (Å²) in [6.07, 6.45) is 5.77. The van der Waals surface area contributed by atoms with E-state index in [9.17, 15) is 14.4 Å². The van der Waals surface area contributed by atoms with E-state index < -0.39 is 0 Å². The number of hydrogen-bond donors (Lipinski definition) is 2. The molecule has 1 saturated carbocycles. The number of aromatic nitrogens is 2. The van der Waals surface area contributed by atoms with Gasteiger partial charge in [0.15, 0.2) is 5.16 Å². The van der Waals surface area contributed by atoms with Gasteiger partial charge in [-0.2, -0.15) is 0 Å². The molecule has 0 spiro atoms. The van der Waals surface area contributed by atoms with Crippen molar-refractivity contribution in [2.75, 3.05) is 11.1 Å². The average molecular weight is 559 g/mol. The van der Waals surface area contributed by atoms with Gasteiger partial charge in [-0.15, -0.1) is 0 Å². The van der Waals surface area contributed by atoms with Gasteiger partial charge >= 0.3 is 0 Å². The number of carbonyl (C=O) groups excluding carboxylic acids is 2. The molecule has 0 atom stereocenters. The summed E-state index contributed by atoms with van der Waals surface area (Å²) in [5.74, 6) is 0.985. The number of carbonyl (C=O) groups is 2. The highest BCUT2D eigenvalue weighted by Crippen LogP contribution is 2.31. The lowest BCUT2D eigenvalue weighted by atomic mass is 9.81. The van der Waals surface area contributed by atoms with Crippen LogP contribution in [0.3, 0.4) is 0 Å². The molecular formula is C31H34N4O4S. The van der Waals surface area contributed by atoms with Gasteiger partial charge in [-0.1, -0.05) is 43.0 Å². The smallest absolute Gasteiger partial charge is 0.262 e. The van der Waals surface area contributed by atoms with Gasteiger partial charge in [0.1, 0.15) is 5.76 Å². The molecule has 1 aliphatic carbocycles. The number of anilines is 1. The topological polar surface area (TPSA) is 106 Å². The Kier molecular flexibility index (Phi) is 9.01. The van der Waals surface area contributed by atoms with E-state index in [-0.39, 0.29) is 35.0 Å². The molecule has 0 saturated heterocycles. The van der Waals surface area contributed by atoms with Crippen molar-refractivity contribution >= 4 is 40.2 Å². The van der Waals surface area contributed by atoms with Crippen LogP contribution in [0.1, 0.15) is 43.9 Å². The highest BCUT2D eigenvalue weighted by atomic mass is 32.2. The number of para-hydroxylation sites is 1. The standard InChI is InChI=1S/C31H34N4O4S/c1-2-21-11-15-24(16-12-21)33-28(36)20-40-31-34-27-8-4-3-7-26(27)30(38)35(31)19-22-9-13-23(14-10-22)29(37)32-18-25-6-5-17-39-25/h3-8,11-12,15-17,22-23H,2,9-10,13-14,18-20H2,1H3,(H,32,37)(H,33,36). The van der Waals surface area contributed by atoms with E-state index in [0.29, 0.717) is 29.1 Å². The number of hydrogen-bond acceptors (Lipinski definition) is 6. The Morgan fingerprint density at radius 2 is 1.80 bits per heavy atom. The van der Waals surface area contributed by atoms with Crippen molar-refractivity contribution in [2.24, 2.45) is 11.8 Å². The number of benzene rings is 2. The van der Waals surface area contributed by atoms with Crippen molar-refractivity contribution in [2.45, 2.75) is 57.3 Å². The summed E-state index contributed by atoms with van der Waals surface area (Å²) in [5, 5.41) is 7.01. The molecule has 2 aromatic heterocycles. The summed E-state index contributed by atoms with van der Waals surface area (Å²) in [6.45, 7) is 2.99. The van der Waals surface area contributed by atoms with Crippen LogP contribution < -0.4 is 16.2 Å². The number of fused-ring (bicyclic) bond motifs is 1. The summed E-state index contributed by atoms with van der Waals surface area (Å²) in [5.41, 5.74) is 2.48. The highest BCUT2D eigenvalue weighted by molar-refractivity contribution is 7.99. The molecule has 208 valence electrons. The van der Waals surface area contributed by atoms with Gasteiger partial charge in [0.2, 0.25) is 11.8 Å². The van der Waals surface area contributed by atoms with Gasteiger partial charge in [0, 0.05) is 18.2 Å². The fourth-order valence-electron chi connectivity index (χ4n) is 5.17. The maximum atomic E-state index is 13.5. The minimum Gasteiger partial charge on any atom is -0.467 e. The van der Waals surface area contributed by atoms with Gasteiger partial charge in [-0.05, 0) is 80.0 Å². The molecular weight excluding hydrogens is 524 g/mol. The Balaban J connectivity index is 1.23. The van der Waals surface area contributed by atoms with Crippen LogP contribution in [0.5, 0.6) is 0 Å². The van der Waals surface area contributed by atoms with Crippen molar-refractivity contribution in [1.29, 1.82) is 0 Å². The molecule has 8 nitrogen and oxygen atoms in total. The van der Waals surface area contributed by atoms with E-state index in [2.05, 4.69) is 17.6 Å². The zero-order valence-electron chi connectivity index (χ0n) is 22.6. The van der Waals surface area contributed by atoms with Crippen molar-refractivity contribution in [1.82, 2.24) is 14.9 Å². The number of aryl methyl sites for hydroxylation is 1. The number of amides is 2. The SMILES string of the molecule is CCc1ccc(NC(=O)CSc2nc3ccccc3c(=O)n2CC2CCC(C(=O)NCc3ccco3)CC2)cc1. The molecule has 40 heavy (non-hydrogen) atoms. The summed E-state index contributed by atoms with van der Waals surface area (Å²) in [4.78, 5) is 43.7. The Morgan fingerprint density at radius 1 is 1.02 bits per heavy atom. The third-order valence-electron chi connectivity index (χ3n) is 7.48. The molecule has 0 unspecified atom stereocenters. The Morgan fingerprint density at radius 3 is 2.52 bits per heavy atom. The second-order valence-electron chi connectivity index (χ2n) is 10.2. The molecule has 0 bridgehead atoms. The van der Waals surface area contributed by atoms with Gasteiger partial charge in [0.05, 0.1) is 29.5 Å². The summed E-state index contributed by atoms with van der Waals surface area (Å²) in [6, 6.07) is 18.8.